The van der Waals surface area contributed by atoms with Crippen LogP contribution in [0.25, 0.3) is 11.4 Å². The van der Waals surface area contributed by atoms with Crippen molar-refractivity contribution in [2.24, 2.45) is 0 Å². The number of aromatic amines is 1. The molecule has 1 aliphatic heterocycles. The summed E-state index contributed by atoms with van der Waals surface area (Å²) < 4.78 is 13.8. The fourth-order valence-electron chi connectivity index (χ4n) is 4.60. The van der Waals surface area contributed by atoms with Gasteiger partial charge in [-0.05, 0) is 29.7 Å². The highest BCUT2D eigenvalue weighted by atomic mass is 35.5. The summed E-state index contributed by atoms with van der Waals surface area (Å²) in [6.07, 6.45) is 3.87. The molecule has 0 saturated carbocycles. The molecule has 1 aliphatic rings. The Balaban J connectivity index is 1.48. The van der Waals surface area contributed by atoms with Crippen molar-refractivity contribution in [1.82, 2.24) is 19.4 Å². The third kappa shape index (κ3) is 6.06. The van der Waals surface area contributed by atoms with Crippen LogP contribution in [0.4, 0.5) is 0 Å². The molecule has 192 valence electrons. The third-order valence-corrected chi connectivity index (χ3v) is 6.73. The van der Waals surface area contributed by atoms with Crippen LogP contribution in [0.15, 0.2) is 71.7 Å². The largest absolute Gasteiger partial charge is 0.486 e. The van der Waals surface area contributed by atoms with Crippen molar-refractivity contribution in [2.45, 2.75) is 45.9 Å². The average Bonchev–Trinajstić information content (AvgIpc) is 3.23. The van der Waals surface area contributed by atoms with Gasteiger partial charge in [-0.25, -0.2) is 4.98 Å². The van der Waals surface area contributed by atoms with Gasteiger partial charge in [-0.3, -0.25) is 9.69 Å². The molecule has 8 heteroatoms. The summed E-state index contributed by atoms with van der Waals surface area (Å²) in [5.74, 6) is 2.43. The van der Waals surface area contributed by atoms with Gasteiger partial charge in [0.25, 0.3) is 0 Å². The van der Waals surface area contributed by atoms with Gasteiger partial charge in [0.1, 0.15) is 19.0 Å². The van der Waals surface area contributed by atoms with E-state index in [1.54, 1.807) is 12.3 Å². The minimum Gasteiger partial charge on any atom is -0.486 e. The van der Waals surface area contributed by atoms with Crippen molar-refractivity contribution in [3.63, 3.8) is 0 Å². The molecule has 37 heavy (non-hydrogen) atoms. The molecule has 2 aromatic heterocycles. The fourth-order valence-corrected chi connectivity index (χ4v) is 4.84. The van der Waals surface area contributed by atoms with Gasteiger partial charge in [0.15, 0.2) is 16.7 Å². The molecule has 0 aliphatic carbocycles. The van der Waals surface area contributed by atoms with E-state index < -0.39 is 0 Å². The first-order valence-corrected chi connectivity index (χ1v) is 13.1. The summed E-state index contributed by atoms with van der Waals surface area (Å²) in [6, 6.07) is 19.7. The first-order chi connectivity index (χ1) is 18.1. The highest BCUT2D eigenvalue weighted by molar-refractivity contribution is 6.30. The van der Waals surface area contributed by atoms with Crippen LogP contribution in [0.5, 0.6) is 11.5 Å². The molecule has 2 aromatic carbocycles. The molecular weight excluding hydrogens is 488 g/mol. The van der Waals surface area contributed by atoms with Crippen LogP contribution in [0.3, 0.4) is 0 Å². The molecule has 0 spiro atoms. The van der Waals surface area contributed by atoms with E-state index >= 15 is 0 Å². The lowest BCUT2D eigenvalue weighted by Gasteiger charge is -2.25. The maximum atomic E-state index is 11.6. The number of fused-ring (bicyclic) bond motifs is 1. The van der Waals surface area contributed by atoms with E-state index in [1.165, 1.54) is 0 Å². The fraction of sp³-hybridized carbons (Fsp3) is 0.310. The summed E-state index contributed by atoms with van der Waals surface area (Å²) in [4.78, 5) is 21.5. The van der Waals surface area contributed by atoms with Crippen LogP contribution in [0.1, 0.15) is 36.6 Å². The Bertz CT molecular complexity index is 1380. The van der Waals surface area contributed by atoms with Crippen molar-refractivity contribution in [2.75, 3.05) is 13.2 Å². The lowest BCUT2D eigenvalue weighted by atomic mass is 10.1. The lowest BCUT2D eigenvalue weighted by Crippen LogP contribution is -2.25. The lowest BCUT2D eigenvalue weighted by molar-refractivity contribution is 0.170. The maximum absolute atomic E-state index is 11.6. The Morgan fingerprint density at radius 1 is 0.973 bits per heavy atom. The van der Waals surface area contributed by atoms with Gasteiger partial charge in [0.05, 0.1) is 5.69 Å². The number of hydrogen-bond donors (Lipinski definition) is 1. The number of nitrogens with one attached hydrogen (secondary N) is 1. The molecule has 7 nitrogen and oxygen atoms in total. The van der Waals surface area contributed by atoms with E-state index in [9.17, 15) is 4.79 Å². The maximum Gasteiger partial charge on any atom is 0.247 e. The molecule has 0 saturated heterocycles. The van der Waals surface area contributed by atoms with Gasteiger partial charge in [-0.1, -0.05) is 67.4 Å². The molecule has 0 radical (unpaired) electrons. The van der Waals surface area contributed by atoms with Crippen LogP contribution in [-0.2, 0) is 26.2 Å². The molecule has 0 fully saturated rings. The number of pyridine rings is 1. The number of halogens is 1. The van der Waals surface area contributed by atoms with Gasteiger partial charge in [-0.2, -0.15) is 0 Å². The van der Waals surface area contributed by atoms with E-state index in [1.807, 2.05) is 36.4 Å². The number of hydrogen-bond acceptors (Lipinski definition) is 5. The molecule has 5 rings (SSSR count). The normalized spacial score (nSPS) is 12.7. The third-order valence-electron chi connectivity index (χ3n) is 6.43. The van der Waals surface area contributed by atoms with Gasteiger partial charge in [-0.15, -0.1) is 0 Å². The summed E-state index contributed by atoms with van der Waals surface area (Å²) in [6.45, 7) is 6.01. The summed E-state index contributed by atoms with van der Waals surface area (Å²) >= 11 is 6.80. The summed E-state index contributed by atoms with van der Waals surface area (Å²) in [7, 11) is 0. The van der Waals surface area contributed by atoms with Crippen molar-refractivity contribution in [3.8, 4) is 22.9 Å². The molecule has 0 atom stereocenters. The Morgan fingerprint density at radius 3 is 2.49 bits per heavy atom. The Hall–Kier alpha value is -3.55. The first-order valence-electron chi connectivity index (χ1n) is 12.7. The van der Waals surface area contributed by atoms with E-state index in [0.717, 1.165) is 59.1 Å². The van der Waals surface area contributed by atoms with Crippen LogP contribution in [0.2, 0.25) is 5.15 Å². The highest BCUT2D eigenvalue weighted by Crippen LogP contribution is 2.32. The second kappa shape index (κ2) is 11.7. The SMILES string of the molecule is CCCCn1c(-c2ccccc2)nc(Cl)c1CN(Cc1ccc(=O)[nH]c1)Cc1ccc2c(c1)OCCO2. The number of imidazole rings is 1. The number of rotatable bonds is 10. The van der Waals surface area contributed by atoms with Crippen LogP contribution in [-0.4, -0.2) is 32.6 Å². The molecule has 1 N–H and O–H groups in total. The van der Waals surface area contributed by atoms with Crippen molar-refractivity contribution < 1.29 is 9.47 Å². The zero-order chi connectivity index (χ0) is 25.6. The predicted octanol–water partition coefficient (Wildman–Crippen LogP) is 5.67. The van der Waals surface area contributed by atoms with E-state index in [-0.39, 0.29) is 5.56 Å². The smallest absolute Gasteiger partial charge is 0.247 e. The van der Waals surface area contributed by atoms with Gasteiger partial charge in [0, 0.05) is 44.0 Å². The van der Waals surface area contributed by atoms with Crippen LogP contribution >= 0.6 is 11.6 Å². The molecule has 4 aromatic rings. The quantitative estimate of drug-likeness (QED) is 0.293. The van der Waals surface area contributed by atoms with E-state index in [2.05, 4.69) is 39.6 Å². The van der Waals surface area contributed by atoms with Crippen LogP contribution in [0, 0.1) is 0 Å². The first kappa shape index (κ1) is 25.1. The highest BCUT2D eigenvalue weighted by Gasteiger charge is 2.21. The molecule has 3 heterocycles. The second-order valence-electron chi connectivity index (χ2n) is 9.23. The van der Waals surface area contributed by atoms with Crippen LogP contribution < -0.4 is 15.0 Å². The van der Waals surface area contributed by atoms with Gasteiger partial charge in [0.2, 0.25) is 5.56 Å². The monoisotopic (exact) mass is 518 g/mol. The summed E-state index contributed by atoms with van der Waals surface area (Å²) in [5.41, 5.74) is 4.03. The topological polar surface area (TPSA) is 72.4 Å². The van der Waals surface area contributed by atoms with Gasteiger partial charge >= 0.3 is 0 Å². The van der Waals surface area contributed by atoms with E-state index in [0.29, 0.717) is 38.0 Å². The molecule has 0 unspecified atom stereocenters. The van der Waals surface area contributed by atoms with E-state index in [4.69, 9.17) is 26.1 Å². The predicted molar refractivity (Wildman–Crippen MR) is 145 cm³/mol. The number of H-pyrrole nitrogens is 1. The number of benzene rings is 2. The minimum absolute atomic E-state index is 0.115. The van der Waals surface area contributed by atoms with Crippen molar-refractivity contribution >= 4 is 11.6 Å². The minimum atomic E-state index is -0.115. The Kier molecular flexibility index (Phi) is 7.92. The zero-order valence-corrected chi connectivity index (χ0v) is 21.7. The Morgan fingerprint density at radius 2 is 1.73 bits per heavy atom. The number of aromatic nitrogens is 3. The standard InChI is InChI=1S/C29H31ClN4O3/c1-2-3-13-34-24(28(30)32-29(34)23-7-5-4-6-8-23)20-33(19-22-10-12-27(35)31-17-22)18-21-9-11-25-26(16-21)37-15-14-36-25/h4-12,16-17H,2-3,13-15,18-20H2,1H3,(H,31,35). The number of unbranched alkanes of at least 4 members (excludes halogenated alkanes) is 1. The number of ether oxygens (including phenoxy) is 2. The molecule has 0 bridgehead atoms. The molecular formula is C29H31ClN4O3. The van der Waals surface area contributed by atoms with Crippen molar-refractivity contribution in [1.29, 1.82) is 0 Å². The average molecular weight is 519 g/mol. The number of nitrogens with zero attached hydrogens (tertiary/aromatic N) is 3. The van der Waals surface area contributed by atoms with Gasteiger partial charge < -0.3 is 19.0 Å². The Labute approximate surface area is 221 Å². The summed E-state index contributed by atoms with van der Waals surface area (Å²) in [5, 5.41) is 0.517. The molecule has 0 amide bonds. The second-order valence-corrected chi connectivity index (χ2v) is 9.59. The van der Waals surface area contributed by atoms with Crippen molar-refractivity contribution in [3.05, 3.63) is 99.2 Å². The zero-order valence-electron chi connectivity index (χ0n) is 21.0.